The molecule has 0 aromatic carbocycles. The molecule has 0 aliphatic heterocycles. The Morgan fingerprint density at radius 1 is 1.47 bits per heavy atom. The second-order valence-electron chi connectivity index (χ2n) is 3.28. The smallest absolute Gasteiger partial charge is 0.330 e. The topological polar surface area (TPSA) is 68.4 Å². The number of aromatic nitrogens is 2. The van der Waals surface area contributed by atoms with Crippen molar-refractivity contribution < 1.29 is 31.9 Å². The summed E-state index contributed by atoms with van der Waals surface area (Å²) in [6.45, 7) is -0.579. The summed E-state index contributed by atoms with van der Waals surface area (Å²) in [7, 11) is 0. The van der Waals surface area contributed by atoms with Gasteiger partial charge in [-0.1, -0.05) is 5.16 Å². The summed E-state index contributed by atoms with van der Waals surface area (Å²) in [5.74, 6) is -4.42. The van der Waals surface area contributed by atoms with Gasteiger partial charge < -0.3 is 14.4 Å². The molecular formula is C8H10F4N2O3. The molecule has 1 N–H and O–H groups in total. The van der Waals surface area contributed by atoms with Gasteiger partial charge in [-0.05, 0) is 6.92 Å². The fraction of sp³-hybridized carbons (Fsp3) is 0.750. The zero-order valence-electron chi connectivity index (χ0n) is 8.74. The van der Waals surface area contributed by atoms with Crippen molar-refractivity contribution in [2.45, 2.75) is 32.0 Å². The largest absolute Gasteiger partial charge is 0.384 e. The SMILES string of the molecule is C[C@H](O)c1nc(COCC(F)(F)C(F)F)no1. The molecule has 1 atom stereocenters. The molecule has 0 unspecified atom stereocenters. The number of alkyl halides is 4. The van der Waals surface area contributed by atoms with Gasteiger partial charge in [0, 0.05) is 0 Å². The minimum Gasteiger partial charge on any atom is -0.384 e. The standard InChI is InChI=1S/C8H10F4N2O3/c1-4(15)6-13-5(14-17-6)2-16-3-8(11,12)7(9)10/h4,7,15H,2-3H2,1H3/t4-/m0/s1. The molecule has 1 aromatic rings. The molecule has 98 valence electrons. The van der Waals surface area contributed by atoms with Gasteiger partial charge >= 0.3 is 12.3 Å². The van der Waals surface area contributed by atoms with Crippen molar-refractivity contribution in [1.82, 2.24) is 10.1 Å². The Hall–Kier alpha value is -1.22. The molecule has 0 spiro atoms. The van der Waals surface area contributed by atoms with Gasteiger partial charge in [0.25, 0.3) is 5.89 Å². The van der Waals surface area contributed by atoms with Crippen LogP contribution < -0.4 is 0 Å². The Morgan fingerprint density at radius 3 is 2.59 bits per heavy atom. The monoisotopic (exact) mass is 258 g/mol. The van der Waals surface area contributed by atoms with E-state index < -0.39 is 31.7 Å². The summed E-state index contributed by atoms with van der Waals surface area (Å²) in [5.41, 5.74) is 0. The first kappa shape index (κ1) is 13.8. The van der Waals surface area contributed by atoms with Gasteiger partial charge in [0.15, 0.2) is 5.82 Å². The van der Waals surface area contributed by atoms with E-state index in [0.29, 0.717) is 0 Å². The second kappa shape index (κ2) is 5.41. The molecule has 0 amide bonds. The van der Waals surface area contributed by atoms with Crippen molar-refractivity contribution in [2.75, 3.05) is 6.61 Å². The predicted octanol–water partition coefficient (Wildman–Crippen LogP) is 1.54. The molecule has 0 saturated carbocycles. The van der Waals surface area contributed by atoms with Gasteiger partial charge in [0.05, 0.1) is 0 Å². The summed E-state index contributed by atoms with van der Waals surface area (Å²) in [6.07, 6.45) is -4.79. The van der Waals surface area contributed by atoms with Gasteiger partial charge in [0.1, 0.15) is 19.3 Å². The van der Waals surface area contributed by atoms with E-state index in [1.165, 1.54) is 6.92 Å². The maximum Gasteiger partial charge on any atom is 0.330 e. The quantitative estimate of drug-likeness (QED) is 0.784. The number of aliphatic hydroxyl groups excluding tert-OH is 1. The molecule has 0 bridgehead atoms. The number of hydrogen-bond donors (Lipinski definition) is 1. The van der Waals surface area contributed by atoms with E-state index in [1.54, 1.807) is 0 Å². The zero-order chi connectivity index (χ0) is 13.1. The highest BCUT2D eigenvalue weighted by atomic mass is 19.3. The summed E-state index contributed by atoms with van der Waals surface area (Å²) in [6, 6.07) is 0. The summed E-state index contributed by atoms with van der Waals surface area (Å²) < 4.78 is 57.1. The fourth-order valence-corrected chi connectivity index (χ4v) is 0.837. The zero-order valence-corrected chi connectivity index (χ0v) is 8.74. The molecule has 5 nitrogen and oxygen atoms in total. The maximum absolute atomic E-state index is 12.4. The van der Waals surface area contributed by atoms with Crippen LogP contribution in [0.3, 0.4) is 0 Å². The molecular weight excluding hydrogens is 248 g/mol. The molecule has 1 aromatic heterocycles. The van der Waals surface area contributed by atoms with Crippen molar-refractivity contribution in [3.63, 3.8) is 0 Å². The Kier molecular flexibility index (Phi) is 4.40. The minimum atomic E-state index is -4.21. The van der Waals surface area contributed by atoms with Crippen LogP contribution in [0.25, 0.3) is 0 Å². The van der Waals surface area contributed by atoms with E-state index in [9.17, 15) is 17.6 Å². The summed E-state index contributed by atoms with van der Waals surface area (Å²) in [4.78, 5) is 3.59. The van der Waals surface area contributed by atoms with Gasteiger partial charge in [0.2, 0.25) is 0 Å². The first-order valence-corrected chi connectivity index (χ1v) is 4.57. The Balaban J connectivity index is 2.41. The maximum atomic E-state index is 12.4. The molecule has 0 fully saturated rings. The van der Waals surface area contributed by atoms with Gasteiger partial charge in [-0.15, -0.1) is 0 Å². The molecule has 0 aliphatic rings. The third-order valence-corrected chi connectivity index (χ3v) is 1.69. The van der Waals surface area contributed by atoms with Crippen LogP contribution in [0.4, 0.5) is 17.6 Å². The third kappa shape index (κ3) is 3.93. The number of rotatable bonds is 6. The van der Waals surface area contributed by atoms with Crippen LogP contribution in [-0.2, 0) is 11.3 Å². The average molecular weight is 258 g/mol. The van der Waals surface area contributed by atoms with Crippen molar-refractivity contribution in [1.29, 1.82) is 0 Å². The number of nitrogens with zero attached hydrogens (tertiary/aromatic N) is 2. The molecule has 17 heavy (non-hydrogen) atoms. The normalized spacial score (nSPS) is 14.3. The van der Waals surface area contributed by atoms with Crippen molar-refractivity contribution in [3.05, 3.63) is 11.7 Å². The predicted molar refractivity (Wildman–Crippen MR) is 45.5 cm³/mol. The Morgan fingerprint density at radius 2 is 2.12 bits per heavy atom. The average Bonchev–Trinajstić information content (AvgIpc) is 2.66. The van der Waals surface area contributed by atoms with Crippen LogP contribution in [0, 0.1) is 0 Å². The van der Waals surface area contributed by atoms with Crippen LogP contribution in [0.15, 0.2) is 4.52 Å². The lowest BCUT2D eigenvalue weighted by molar-refractivity contribution is -0.168. The molecule has 1 rings (SSSR count). The Bertz CT molecular complexity index is 356. The lowest BCUT2D eigenvalue weighted by atomic mass is 10.4. The summed E-state index contributed by atoms with van der Waals surface area (Å²) in [5, 5.41) is 12.3. The highest BCUT2D eigenvalue weighted by Crippen LogP contribution is 2.23. The van der Waals surface area contributed by atoms with E-state index in [1.807, 2.05) is 0 Å². The highest BCUT2D eigenvalue weighted by molar-refractivity contribution is 4.86. The van der Waals surface area contributed by atoms with Crippen molar-refractivity contribution in [3.8, 4) is 0 Å². The van der Waals surface area contributed by atoms with Gasteiger partial charge in [-0.2, -0.15) is 13.8 Å². The second-order valence-corrected chi connectivity index (χ2v) is 3.28. The van der Waals surface area contributed by atoms with E-state index in [2.05, 4.69) is 19.4 Å². The van der Waals surface area contributed by atoms with Crippen LogP contribution in [0.5, 0.6) is 0 Å². The highest BCUT2D eigenvalue weighted by Gasteiger charge is 2.41. The van der Waals surface area contributed by atoms with E-state index in [0.717, 1.165) is 0 Å². The lowest BCUT2D eigenvalue weighted by Crippen LogP contribution is -2.32. The van der Waals surface area contributed by atoms with E-state index in [4.69, 9.17) is 5.11 Å². The minimum absolute atomic E-state index is 0.106. The third-order valence-electron chi connectivity index (χ3n) is 1.69. The molecule has 9 heteroatoms. The molecule has 0 saturated heterocycles. The van der Waals surface area contributed by atoms with Crippen LogP contribution >= 0.6 is 0 Å². The number of hydrogen-bond acceptors (Lipinski definition) is 5. The van der Waals surface area contributed by atoms with Crippen LogP contribution in [0.2, 0.25) is 0 Å². The van der Waals surface area contributed by atoms with Gasteiger partial charge in [-0.25, -0.2) is 8.78 Å². The number of halogens is 4. The first-order valence-electron chi connectivity index (χ1n) is 4.57. The van der Waals surface area contributed by atoms with Crippen LogP contribution in [0.1, 0.15) is 24.7 Å². The first-order chi connectivity index (χ1) is 7.83. The molecule has 0 radical (unpaired) electrons. The van der Waals surface area contributed by atoms with Gasteiger partial charge in [-0.3, -0.25) is 0 Å². The molecule has 0 aliphatic carbocycles. The van der Waals surface area contributed by atoms with Crippen LogP contribution in [-0.4, -0.2) is 34.2 Å². The van der Waals surface area contributed by atoms with E-state index >= 15 is 0 Å². The van der Waals surface area contributed by atoms with E-state index in [-0.39, 0.29) is 11.7 Å². The number of ether oxygens (including phenoxy) is 1. The fourth-order valence-electron chi connectivity index (χ4n) is 0.837. The lowest BCUT2D eigenvalue weighted by Gasteiger charge is -2.14. The summed E-state index contributed by atoms with van der Waals surface area (Å²) >= 11 is 0. The Labute approximate surface area is 93.4 Å². The van der Waals surface area contributed by atoms with Crippen molar-refractivity contribution in [2.24, 2.45) is 0 Å². The van der Waals surface area contributed by atoms with Crippen molar-refractivity contribution >= 4 is 0 Å². The molecule has 1 heterocycles. The number of aliphatic hydroxyl groups is 1.